The fourth-order valence-electron chi connectivity index (χ4n) is 1.73. The van der Waals surface area contributed by atoms with Gasteiger partial charge in [0.05, 0.1) is 22.9 Å². The van der Waals surface area contributed by atoms with Gasteiger partial charge in [-0.1, -0.05) is 23.7 Å². The van der Waals surface area contributed by atoms with Crippen LogP contribution in [-0.4, -0.2) is 12.5 Å². The van der Waals surface area contributed by atoms with Crippen LogP contribution in [0.25, 0.3) is 0 Å². The summed E-state index contributed by atoms with van der Waals surface area (Å²) in [6.07, 6.45) is 0. The Morgan fingerprint density at radius 2 is 2.05 bits per heavy atom. The average Bonchev–Trinajstić information content (AvgIpc) is 2.44. The number of ether oxygens (including phenoxy) is 1. The molecular weight excluding hydrogens is 294 g/mol. The summed E-state index contributed by atoms with van der Waals surface area (Å²) >= 11 is 10.2. The second-order valence-corrected chi connectivity index (χ2v) is 4.97. The Hall–Kier alpha value is -1.65. The summed E-state index contributed by atoms with van der Waals surface area (Å²) in [5.41, 5.74) is 0.991. The van der Waals surface area contributed by atoms with Crippen molar-refractivity contribution >= 4 is 35.8 Å². The highest BCUT2D eigenvalue weighted by molar-refractivity contribution is 7.80. The van der Waals surface area contributed by atoms with Crippen LogP contribution in [0.5, 0.6) is 5.75 Å². The molecule has 2 aromatic carbocycles. The summed E-state index contributed by atoms with van der Waals surface area (Å²) in [7, 11) is 0. The van der Waals surface area contributed by atoms with Gasteiger partial charge in [-0.2, -0.15) is 0 Å². The molecule has 0 saturated heterocycles. The maximum atomic E-state index is 12.3. The zero-order valence-electron chi connectivity index (χ0n) is 10.9. The Morgan fingerprint density at radius 3 is 2.80 bits per heavy atom. The lowest BCUT2D eigenvalue weighted by molar-refractivity contribution is 0.102. The van der Waals surface area contributed by atoms with Gasteiger partial charge in [-0.3, -0.25) is 4.79 Å². The summed E-state index contributed by atoms with van der Waals surface area (Å²) in [4.78, 5) is 12.9. The maximum Gasteiger partial charge on any atom is 0.257 e. The van der Waals surface area contributed by atoms with Gasteiger partial charge < -0.3 is 10.1 Å². The third-order valence-electron chi connectivity index (χ3n) is 2.63. The van der Waals surface area contributed by atoms with Crippen molar-refractivity contribution in [3.63, 3.8) is 0 Å². The molecule has 0 aliphatic carbocycles. The standard InChI is InChI=1S/C15H14ClNO2S/c1-2-19-14-6-4-3-5-13(14)17-15(18)11-9-10(20)7-8-12(11)16/h3-9,20H,2H2,1H3,(H,17,18). The Labute approximate surface area is 128 Å². The molecule has 1 amide bonds. The molecule has 0 aliphatic rings. The quantitative estimate of drug-likeness (QED) is 0.827. The van der Waals surface area contributed by atoms with Gasteiger partial charge in [-0.05, 0) is 37.3 Å². The van der Waals surface area contributed by atoms with E-state index in [0.29, 0.717) is 33.5 Å². The lowest BCUT2D eigenvalue weighted by atomic mass is 10.2. The van der Waals surface area contributed by atoms with Crippen LogP contribution in [0.3, 0.4) is 0 Å². The molecule has 1 N–H and O–H groups in total. The smallest absolute Gasteiger partial charge is 0.257 e. The maximum absolute atomic E-state index is 12.3. The largest absolute Gasteiger partial charge is 0.492 e. The lowest BCUT2D eigenvalue weighted by Crippen LogP contribution is -2.13. The Kier molecular flexibility index (Phi) is 4.93. The number of nitrogens with one attached hydrogen (secondary N) is 1. The summed E-state index contributed by atoms with van der Waals surface area (Å²) in [5.74, 6) is 0.333. The molecule has 0 heterocycles. The number of hydrogen-bond donors (Lipinski definition) is 2. The van der Waals surface area contributed by atoms with Crippen molar-refractivity contribution in [1.82, 2.24) is 0 Å². The fraction of sp³-hybridized carbons (Fsp3) is 0.133. The number of para-hydroxylation sites is 2. The first kappa shape index (κ1) is 14.8. The molecule has 5 heteroatoms. The molecular formula is C15H14ClNO2S. The van der Waals surface area contributed by atoms with Crippen molar-refractivity contribution in [3.05, 3.63) is 53.1 Å². The van der Waals surface area contributed by atoms with Gasteiger partial charge in [0.2, 0.25) is 0 Å². The van der Waals surface area contributed by atoms with Crippen LogP contribution in [0.15, 0.2) is 47.4 Å². The lowest BCUT2D eigenvalue weighted by Gasteiger charge is -2.12. The number of carbonyl (C=O) groups is 1. The Morgan fingerprint density at radius 1 is 1.30 bits per heavy atom. The van der Waals surface area contributed by atoms with E-state index in [1.165, 1.54) is 0 Å². The molecule has 104 valence electrons. The van der Waals surface area contributed by atoms with Crippen molar-refractivity contribution in [2.24, 2.45) is 0 Å². The Balaban J connectivity index is 2.26. The van der Waals surface area contributed by atoms with Crippen molar-refractivity contribution < 1.29 is 9.53 Å². The van der Waals surface area contributed by atoms with Crippen LogP contribution in [0, 0.1) is 0 Å². The summed E-state index contributed by atoms with van der Waals surface area (Å²) in [6.45, 7) is 2.42. The highest BCUT2D eigenvalue weighted by atomic mass is 35.5. The topological polar surface area (TPSA) is 38.3 Å². The van der Waals surface area contributed by atoms with Gasteiger partial charge in [0.1, 0.15) is 5.75 Å². The SMILES string of the molecule is CCOc1ccccc1NC(=O)c1cc(S)ccc1Cl. The molecule has 0 aliphatic heterocycles. The second kappa shape index (κ2) is 6.68. The van der Waals surface area contributed by atoms with Gasteiger partial charge in [-0.25, -0.2) is 0 Å². The van der Waals surface area contributed by atoms with Gasteiger partial charge in [0.25, 0.3) is 5.91 Å². The Bertz CT molecular complexity index is 631. The molecule has 0 atom stereocenters. The minimum atomic E-state index is -0.293. The first-order chi connectivity index (χ1) is 9.61. The highest BCUT2D eigenvalue weighted by Gasteiger charge is 2.13. The van der Waals surface area contributed by atoms with E-state index in [2.05, 4.69) is 17.9 Å². The summed E-state index contributed by atoms with van der Waals surface area (Å²) in [5, 5.41) is 3.18. The molecule has 0 saturated carbocycles. The highest BCUT2D eigenvalue weighted by Crippen LogP contribution is 2.26. The number of amides is 1. The zero-order chi connectivity index (χ0) is 14.5. The van der Waals surface area contributed by atoms with Gasteiger partial charge in [-0.15, -0.1) is 12.6 Å². The molecule has 0 bridgehead atoms. The van der Waals surface area contributed by atoms with E-state index < -0.39 is 0 Å². The third-order valence-corrected chi connectivity index (χ3v) is 3.24. The van der Waals surface area contributed by atoms with Crippen LogP contribution < -0.4 is 10.1 Å². The van der Waals surface area contributed by atoms with E-state index in [4.69, 9.17) is 16.3 Å². The fourth-order valence-corrected chi connectivity index (χ4v) is 2.14. The van der Waals surface area contributed by atoms with E-state index in [0.717, 1.165) is 0 Å². The van der Waals surface area contributed by atoms with Crippen LogP contribution in [0.2, 0.25) is 5.02 Å². The third kappa shape index (κ3) is 3.46. The normalized spacial score (nSPS) is 10.2. The predicted molar refractivity (Wildman–Crippen MR) is 84.3 cm³/mol. The van der Waals surface area contributed by atoms with Gasteiger partial charge in [0.15, 0.2) is 0 Å². The van der Waals surface area contributed by atoms with Gasteiger partial charge in [0, 0.05) is 4.90 Å². The van der Waals surface area contributed by atoms with E-state index in [-0.39, 0.29) is 5.91 Å². The molecule has 3 nitrogen and oxygen atoms in total. The number of rotatable bonds is 4. The molecule has 0 spiro atoms. The number of benzene rings is 2. The molecule has 0 radical (unpaired) electrons. The number of carbonyl (C=O) groups excluding carboxylic acids is 1. The average molecular weight is 308 g/mol. The molecule has 0 aromatic heterocycles. The van der Waals surface area contributed by atoms with Crippen LogP contribution in [0.4, 0.5) is 5.69 Å². The summed E-state index contributed by atoms with van der Waals surface area (Å²) in [6, 6.07) is 12.3. The predicted octanol–water partition coefficient (Wildman–Crippen LogP) is 4.28. The molecule has 2 rings (SSSR count). The first-order valence-electron chi connectivity index (χ1n) is 6.13. The molecule has 20 heavy (non-hydrogen) atoms. The van der Waals surface area contributed by atoms with Crippen molar-refractivity contribution in [2.75, 3.05) is 11.9 Å². The van der Waals surface area contributed by atoms with E-state index in [9.17, 15) is 4.79 Å². The minimum Gasteiger partial charge on any atom is -0.492 e. The number of halogens is 1. The zero-order valence-corrected chi connectivity index (χ0v) is 12.5. The van der Waals surface area contributed by atoms with Crippen molar-refractivity contribution in [3.8, 4) is 5.75 Å². The number of hydrogen-bond acceptors (Lipinski definition) is 3. The van der Waals surface area contributed by atoms with E-state index in [1.54, 1.807) is 30.3 Å². The molecule has 2 aromatic rings. The molecule has 0 fully saturated rings. The number of thiol groups is 1. The van der Waals surface area contributed by atoms with Crippen molar-refractivity contribution in [1.29, 1.82) is 0 Å². The number of anilines is 1. The van der Waals surface area contributed by atoms with E-state index in [1.807, 2.05) is 19.1 Å². The van der Waals surface area contributed by atoms with Crippen LogP contribution in [0.1, 0.15) is 17.3 Å². The van der Waals surface area contributed by atoms with Crippen molar-refractivity contribution in [2.45, 2.75) is 11.8 Å². The first-order valence-corrected chi connectivity index (χ1v) is 6.96. The van der Waals surface area contributed by atoms with Gasteiger partial charge >= 0.3 is 0 Å². The monoisotopic (exact) mass is 307 g/mol. The summed E-state index contributed by atoms with van der Waals surface area (Å²) < 4.78 is 5.46. The molecule has 0 unspecified atom stereocenters. The van der Waals surface area contributed by atoms with Crippen LogP contribution >= 0.6 is 24.2 Å². The second-order valence-electron chi connectivity index (χ2n) is 4.05. The minimum absolute atomic E-state index is 0.293. The van der Waals surface area contributed by atoms with E-state index >= 15 is 0 Å². The van der Waals surface area contributed by atoms with Crippen LogP contribution in [-0.2, 0) is 0 Å².